The zero-order chi connectivity index (χ0) is 16.2. The Morgan fingerprint density at radius 3 is 2.10 bits per heavy atom. The van der Waals surface area contributed by atoms with Crippen molar-refractivity contribution in [2.45, 2.75) is 44.9 Å². The first kappa shape index (κ1) is 17.3. The third-order valence-corrected chi connectivity index (χ3v) is 2.74. The van der Waals surface area contributed by atoms with Gasteiger partial charge in [0.1, 0.15) is 19.3 Å². The topological polar surface area (TPSA) is 129 Å². The molecule has 0 unspecified atom stereocenters. The van der Waals surface area contributed by atoms with Gasteiger partial charge in [-0.1, -0.05) is 0 Å². The fourth-order valence-corrected chi connectivity index (χ4v) is 1.97. The van der Waals surface area contributed by atoms with Gasteiger partial charge in [-0.25, -0.2) is 0 Å². The van der Waals surface area contributed by atoms with Crippen molar-refractivity contribution in [3.05, 3.63) is 0 Å². The fourth-order valence-electron chi connectivity index (χ4n) is 1.97. The van der Waals surface area contributed by atoms with Crippen LogP contribution in [-0.2, 0) is 33.3 Å². The molecule has 1 aliphatic heterocycles. The molecule has 1 rings (SSSR count). The summed E-state index contributed by atoms with van der Waals surface area (Å²) >= 11 is 0. The minimum absolute atomic E-state index is 0.340. The lowest BCUT2D eigenvalue weighted by Crippen LogP contribution is -2.49. The molecule has 1 fully saturated rings. The molecule has 0 saturated carbocycles. The Morgan fingerprint density at radius 2 is 1.67 bits per heavy atom. The van der Waals surface area contributed by atoms with E-state index in [4.69, 9.17) is 18.9 Å². The van der Waals surface area contributed by atoms with Crippen molar-refractivity contribution < 1.29 is 43.5 Å². The Hall–Kier alpha value is -1.71. The number of hydrogen-bond donors (Lipinski definition) is 2. The van der Waals surface area contributed by atoms with Crippen LogP contribution >= 0.6 is 0 Å². The van der Waals surface area contributed by atoms with E-state index >= 15 is 0 Å². The zero-order valence-electron chi connectivity index (χ0n) is 11.9. The van der Waals surface area contributed by atoms with E-state index in [1.165, 1.54) is 0 Å². The van der Waals surface area contributed by atoms with Gasteiger partial charge < -0.3 is 29.2 Å². The van der Waals surface area contributed by atoms with E-state index in [0.29, 0.717) is 0 Å². The average Bonchev–Trinajstić information content (AvgIpc) is 2.61. The zero-order valence-corrected chi connectivity index (χ0v) is 11.9. The Labute approximate surface area is 120 Å². The van der Waals surface area contributed by atoms with Crippen LogP contribution in [0, 0.1) is 0 Å². The number of carbonyl (C=O) groups excluding carboxylic acids is 3. The van der Waals surface area contributed by atoms with Gasteiger partial charge in [-0.3, -0.25) is 14.4 Å². The molecule has 1 saturated heterocycles. The van der Waals surface area contributed by atoms with Gasteiger partial charge in [0, 0.05) is 20.8 Å². The van der Waals surface area contributed by atoms with Gasteiger partial charge in [0.15, 0.2) is 12.2 Å². The molecule has 0 bridgehead atoms. The maximum absolute atomic E-state index is 11.1. The standard InChI is InChI=1S/C12H18O9/c1-6(14)18-4-9-10(19-7(2)15)11(20-8(3)16)12(17,5-13)21-9/h9-11,13,17H,4-5H2,1-3H3/t9-,10-,11+,12-/m1/s1. The average molecular weight is 306 g/mol. The number of aliphatic hydroxyl groups excluding tert-OH is 1. The molecule has 0 aromatic rings. The molecule has 120 valence electrons. The highest BCUT2D eigenvalue weighted by atomic mass is 16.7. The van der Waals surface area contributed by atoms with Crippen LogP contribution in [-0.4, -0.2) is 65.4 Å². The van der Waals surface area contributed by atoms with Crippen molar-refractivity contribution in [1.29, 1.82) is 0 Å². The van der Waals surface area contributed by atoms with E-state index in [2.05, 4.69) is 0 Å². The normalized spacial score (nSPS) is 31.6. The van der Waals surface area contributed by atoms with Gasteiger partial charge in [-0.2, -0.15) is 0 Å². The number of hydrogen-bond acceptors (Lipinski definition) is 9. The maximum atomic E-state index is 11.1. The number of carbonyl (C=O) groups is 3. The molecule has 1 aliphatic rings. The Balaban J connectivity index is 2.99. The van der Waals surface area contributed by atoms with Gasteiger partial charge in [-0.15, -0.1) is 0 Å². The van der Waals surface area contributed by atoms with Gasteiger partial charge >= 0.3 is 17.9 Å². The van der Waals surface area contributed by atoms with Gasteiger partial charge in [0.25, 0.3) is 0 Å². The van der Waals surface area contributed by atoms with Crippen LogP contribution in [0.1, 0.15) is 20.8 Å². The highest BCUT2D eigenvalue weighted by Gasteiger charge is 2.58. The van der Waals surface area contributed by atoms with Crippen LogP contribution in [0.5, 0.6) is 0 Å². The van der Waals surface area contributed by atoms with E-state index in [-0.39, 0.29) is 6.61 Å². The minimum atomic E-state index is -2.25. The van der Waals surface area contributed by atoms with Crippen LogP contribution in [0.2, 0.25) is 0 Å². The molecule has 0 aromatic carbocycles. The summed E-state index contributed by atoms with van der Waals surface area (Å²) in [5.41, 5.74) is 0. The Kier molecular flexibility index (Phi) is 5.64. The van der Waals surface area contributed by atoms with Gasteiger partial charge in [0.2, 0.25) is 5.79 Å². The molecule has 9 heteroatoms. The fraction of sp³-hybridized carbons (Fsp3) is 0.750. The van der Waals surface area contributed by atoms with Crippen LogP contribution in [0.4, 0.5) is 0 Å². The van der Waals surface area contributed by atoms with Crippen LogP contribution < -0.4 is 0 Å². The predicted octanol–water partition coefficient (Wildman–Crippen LogP) is -1.51. The molecule has 2 N–H and O–H groups in total. The molecular formula is C12H18O9. The molecule has 4 atom stereocenters. The second-order valence-electron chi connectivity index (χ2n) is 4.57. The molecule has 9 nitrogen and oxygen atoms in total. The first-order chi connectivity index (χ1) is 9.69. The lowest BCUT2D eigenvalue weighted by atomic mass is 10.1. The summed E-state index contributed by atoms with van der Waals surface area (Å²) in [6.07, 6.45) is -3.74. The van der Waals surface area contributed by atoms with E-state index in [1.54, 1.807) is 0 Å². The molecule has 21 heavy (non-hydrogen) atoms. The van der Waals surface area contributed by atoms with Crippen molar-refractivity contribution >= 4 is 17.9 Å². The molecule has 0 radical (unpaired) electrons. The molecule has 0 aliphatic carbocycles. The van der Waals surface area contributed by atoms with E-state index in [1.807, 2.05) is 0 Å². The maximum Gasteiger partial charge on any atom is 0.303 e. The summed E-state index contributed by atoms with van der Waals surface area (Å²) in [7, 11) is 0. The van der Waals surface area contributed by atoms with Crippen LogP contribution in [0.25, 0.3) is 0 Å². The second kappa shape index (κ2) is 6.83. The largest absolute Gasteiger partial charge is 0.463 e. The van der Waals surface area contributed by atoms with Crippen LogP contribution in [0.15, 0.2) is 0 Å². The van der Waals surface area contributed by atoms with Crippen molar-refractivity contribution in [1.82, 2.24) is 0 Å². The highest BCUT2D eigenvalue weighted by Crippen LogP contribution is 2.33. The van der Waals surface area contributed by atoms with Gasteiger partial charge in [-0.05, 0) is 0 Å². The monoisotopic (exact) mass is 306 g/mol. The predicted molar refractivity (Wildman–Crippen MR) is 64.6 cm³/mol. The highest BCUT2D eigenvalue weighted by molar-refractivity contribution is 5.68. The summed E-state index contributed by atoms with van der Waals surface area (Å²) in [6.45, 7) is 2.12. The van der Waals surface area contributed by atoms with E-state index in [0.717, 1.165) is 20.8 Å². The summed E-state index contributed by atoms with van der Waals surface area (Å²) in [6, 6.07) is 0. The quantitative estimate of drug-likeness (QED) is 0.460. The summed E-state index contributed by atoms with van der Waals surface area (Å²) in [5.74, 6) is -4.34. The second-order valence-corrected chi connectivity index (χ2v) is 4.57. The van der Waals surface area contributed by atoms with E-state index in [9.17, 15) is 24.6 Å². The molecular weight excluding hydrogens is 288 g/mol. The summed E-state index contributed by atoms with van der Waals surface area (Å²) in [4.78, 5) is 33.1. The van der Waals surface area contributed by atoms with Crippen molar-refractivity contribution in [2.75, 3.05) is 13.2 Å². The molecule has 1 heterocycles. The summed E-state index contributed by atoms with van der Waals surface area (Å²) < 4.78 is 19.7. The van der Waals surface area contributed by atoms with Crippen molar-refractivity contribution in [3.8, 4) is 0 Å². The van der Waals surface area contributed by atoms with Crippen LogP contribution in [0.3, 0.4) is 0 Å². The first-order valence-electron chi connectivity index (χ1n) is 6.18. The summed E-state index contributed by atoms with van der Waals surface area (Å²) in [5, 5.41) is 19.4. The van der Waals surface area contributed by atoms with E-state index < -0.39 is 48.6 Å². The minimum Gasteiger partial charge on any atom is -0.463 e. The third-order valence-electron chi connectivity index (χ3n) is 2.74. The number of esters is 3. The molecule has 0 amide bonds. The SMILES string of the molecule is CC(=O)OC[C@H]1O[C@](O)(CO)[C@@H](OC(C)=O)[C@@H]1OC(C)=O. The van der Waals surface area contributed by atoms with Crippen molar-refractivity contribution in [3.63, 3.8) is 0 Å². The Morgan fingerprint density at radius 1 is 1.10 bits per heavy atom. The lowest BCUT2D eigenvalue weighted by Gasteiger charge is -2.27. The smallest absolute Gasteiger partial charge is 0.303 e. The third kappa shape index (κ3) is 4.38. The number of aliphatic hydroxyl groups is 2. The number of ether oxygens (including phenoxy) is 4. The first-order valence-corrected chi connectivity index (χ1v) is 6.18. The molecule has 0 spiro atoms. The Bertz CT molecular complexity index is 421. The van der Waals surface area contributed by atoms with Crippen molar-refractivity contribution in [2.24, 2.45) is 0 Å². The lowest BCUT2D eigenvalue weighted by molar-refractivity contribution is -0.254. The molecule has 0 aromatic heterocycles. The van der Waals surface area contributed by atoms with Gasteiger partial charge in [0.05, 0.1) is 0 Å². The number of rotatable bonds is 5.